The normalized spacial score (nSPS) is 11.9. The van der Waals surface area contributed by atoms with Crippen LogP contribution in [-0.2, 0) is 21.2 Å². The van der Waals surface area contributed by atoms with Gasteiger partial charge in [-0.05, 0) is 43.2 Å². The lowest BCUT2D eigenvalue weighted by atomic mass is 10.1. The number of nitriles is 1. The molecule has 9 nitrogen and oxygen atoms in total. The van der Waals surface area contributed by atoms with E-state index in [-0.39, 0.29) is 15.9 Å². The number of ether oxygens (including phenoxy) is 1. The minimum atomic E-state index is -3.60. The molecule has 0 saturated heterocycles. The average Bonchev–Trinajstić information content (AvgIpc) is 3.45. The van der Waals surface area contributed by atoms with Crippen LogP contribution in [0.5, 0.6) is 5.75 Å². The maximum absolute atomic E-state index is 12.7. The fourth-order valence-electron chi connectivity index (χ4n) is 3.57. The molecule has 0 fully saturated rings. The third kappa shape index (κ3) is 5.62. The molecule has 0 saturated carbocycles. The summed E-state index contributed by atoms with van der Waals surface area (Å²) in [6.45, 7) is 5.02. The first kappa shape index (κ1) is 25.1. The van der Waals surface area contributed by atoms with Crippen LogP contribution >= 0.6 is 11.5 Å². The number of amides is 1. The number of sulfone groups is 1. The first-order valence-corrected chi connectivity index (χ1v) is 13.6. The molecule has 2 aromatic carbocycles. The van der Waals surface area contributed by atoms with Crippen molar-refractivity contribution in [2.45, 2.75) is 25.5 Å². The highest BCUT2D eigenvalue weighted by atomic mass is 32.2. The number of hydrogen-bond donors (Lipinski definition) is 1. The Morgan fingerprint density at radius 3 is 2.75 bits per heavy atom. The van der Waals surface area contributed by atoms with E-state index in [0.717, 1.165) is 45.6 Å². The van der Waals surface area contributed by atoms with Crippen molar-refractivity contribution in [3.05, 3.63) is 70.9 Å². The van der Waals surface area contributed by atoms with Crippen molar-refractivity contribution in [1.29, 1.82) is 5.26 Å². The van der Waals surface area contributed by atoms with Crippen molar-refractivity contribution in [2.24, 2.45) is 0 Å². The van der Waals surface area contributed by atoms with Crippen molar-refractivity contribution in [2.75, 3.05) is 18.2 Å². The fraction of sp³-hybridized carbons (Fsp3) is 0.200. The number of rotatable bonds is 8. The number of carbonyl (C=O) groups excluding carboxylic acids is 1. The minimum Gasteiger partial charge on any atom is -0.491 e. The second-order valence-corrected chi connectivity index (χ2v) is 10.9. The first-order chi connectivity index (χ1) is 17.2. The second kappa shape index (κ2) is 10.3. The summed E-state index contributed by atoms with van der Waals surface area (Å²) < 4.78 is 34.9. The third-order valence-corrected chi connectivity index (χ3v) is 6.97. The highest BCUT2D eigenvalue weighted by molar-refractivity contribution is 7.90. The Hall–Kier alpha value is -4.01. The van der Waals surface area contributed by atoms with Crippen molar-refractivity contribution in [3.63, 3.8) is 0 Å². The summed E-state index contributed by atoms with van der Waals surface area (Å²) in [6.07, 6.45) is 4.34. The molecule has 2 aromatic heterocycles. The summed E-state index contributed by atoms with van der Waals surface area (Å²) in [4.78, 5) is 16.5. The molecule has 11 heteroatoms. The molecule has 0 aliphatic carbocycles. The van der Waals surface area contributed by atoms with Crippen LogP contribution in [0.1, 0.15) is 16.7 Å². The molecule has 1 amide bonds. The van der Waals surface area contributed by atoms with Crippen LogP contribution in [0, 0.1) is 25.2 Å². The van der Waals surface area contributed by atoms with Gasteiger partial charge in [0.2, 0.25) is 15.0 Å². The second-order valence-electron chi connectivity index (χ2n) is 8.19. The van der Waals surface area contributed by atoms with E-state index in [1.165, 1.54) is 6.08 Å². The molecular weight excluding hydrogens is 498 g/mol. The average molecular weight is 522 g/mol. The molecule has 0 unspecified atom stereocenters. The van der Waals surface area contributed by atoms with Crippen LogP contribution in [0.25, 0.3) is 17.0 Å². The number of hydrogen-bond acceptors (Lipinski definition) is 8. The molecule has 1 N–H and O–H groups in total. The molecule has 0 atom stereocenters. The van der Waals surface area contributed by atoms with Gasteiger partial charge in [-0.15, -0.1) is 0 Å². The Balaban J connectivity index is 1.55. The number of carbonyl (C=O) groups is 1. The Morgan fingerprint density at radius 2 is 2.03 bits per heavy atom. The van der Waals surface area contributed by atoms with Gasteiger partial charge in [0, 0.05) is 40.5 Å². The lowest BCUT2D eigenvalue weighted by Crippen LogP contribution is -2.13. The lowest BCUT2D eigenvalue weighted by Gasteiger charge is -2.11. The maximum Gasteiger partial charge on any atom is 0.268 e. The van der Waals surface area contributed by atoms with Crippen LogP contribution in [0.3, 0.4) is 0 Å². The standard InChI is InChI=1S/C25H23N5O4S2/c1-16-8-9-17(2)22(12-16)34-11-10-30-15-19(20-6-4-5-7-21(20)30)13-18(14-26)23(31)27-24-28-25(29-35-24)36(3,32)33/h4-9,12-13,15H,10-11H2,1-3H3,(H,27,28,29,31)/b18-13-. The topological polar surface area (TPSA) is 127 Å². The summed E-state index contributed by atoms with van der Waals surface area (Å²) >= 11 is 0.728. The molecule has 36 heavy (non-hydrogen) atoms. The monoisotopic (exact) mass is 521 g/mol. The van der Waals surface area contributed by atoms with Crippen molar-refractivity contribution < 1.29 is 17.9 Å². The molecule has 2 heterocycles. The van der Waals surface area contributed by atoms with Gasteiger partial charge in [0.25, 0.3) is 11.1 Å². The van der Waals surface area contributed by atoms with Crippen molar-refractivity contribution >= 4 is 49.4 Å². The molecule has 4 rings (SSSR count). The molecule has 0 aliphatic heterocycles. The molecule has 0 spiro atoms. The summed E-state index contributed by atoms with van der Waals surface area (Å²) in [7, 11) is -3.60. The first-order valence-electron chi connectivity index (χ1n) is 10.9. The zero-order chi connectivity index (χ0) is 25.9. The molecule has 4 aromatic rings. The Kier molecular flexibility index (Phi) is 7.19. The maximum atomic E-state index is 12.7. The summed E-state index contributed by atoms with van der Waals surface area (Å²) in [6, 6.07) is 15.7. The number of para-hydroxylation sites is 1. The number of fused-ring (bicyclic) bond motifs is 1. The van der Waals surface area contributed by atoms with Gasteiger partial charge < -0.3 is 9.30 Å². The largest absolute Gasteiger partial charge is 0.491 e. The Morgan fingerprint density at radius 1 is 1.25 bits per heavy atom. The number of nitrogens with zero attached hydrogens (tertiary/aromatic N) is 4. The Labute approximate surface area is 212 Å². The van der Waals surface area contributed by atoms with Gasteiger partial charge in [-0.25, -0.2) is 8.42 Å². The van der Waals surface area contributed by atoms with E-state index >= 15 is 0 Å². The van der Waals surface area contributed by atoms with Gasteiger partial charge in [0.1, 0.15) is 24.0 Å². The summed E-state index contributed by atoms with van der Waals surface area (Å²) in [5.41, 5.74) is 3.66. The zero-order valence-electron chi connectivity index (χ0n) is 19.8. The van der Waals surface area contributed by atoms with E-state index in [9.17, 15) is 18.5 Å². The van der Waals surface area contributed by atoms with Crippen molar-refractivity contribution in [1.82, 2.24) is 13.9 Å². The zero-order valence-corrected chi connectivity index (χ0v) is 21.5. The highest BCUT2D eigenvalue weighted by Gasteiger charge is 2.18. The predicted molar refractivity (Wildman–Crippen MR) is 139 cm³/mol. The van der Waals surface area contributed by atoms with Gasteiger partial charge in [-0.3, -0.25) is 10.1 Å². The molecule has 184 valence electrons. The van der Waals surface area contributed by atoms with Gasteiger partial charge in [0.05, 0.1) is 6.54 Å². The Bertz CT molecular complexity index is 1630. The van der Waals surface area contributed by atoms with Gasteiger partial charge in [-0.2, -0.15) is 14.6 Å². The van der Waals surface area contributed by atoms with Crippen LogP contribution in [0.4, 0.5) is 5.13 Å². The van der Waals surface area contributed by atoms with Gasteiger partial charge in [0.15, 0.2) is 0 Å². The van der Waals surface area contributed by atoms with Crippen LogP contribution in [0.2, 0.25) is 0 Å². The molecule has 0 bridgehead atoms. The summed E-state index contributed by atoms with van der Waals surface area (Å²) in [5.74, 6) is 0.134. The van der Waals surface area contributed by atoms with Gasteiger partial charge >= 0.3 is 0 Å². The SMILES string of the molecule is Cc1ccc(C)c(OCCn2cc(/C=C(/C#N)C(=O)Nc3nc(S(C)(=O)=O)ns3)c3ccccc32)c1. The van der Waals surface area contributed by atoms with E-state index < -0.39 is 15.7 Å². The minimum absolute atomic E-state index is 0.00686. The van der Waals surface area contributed by atoms with E-state index in [2.05, 4.69) is 14.7 Å². The number of anilines is 1. The van der Waals surface area contributed by atoms with E-state index in [1.807, 2.05) is 73.1 Å². The van der Waals surface area contributed by atoms with Gasteiger partial charge in [-0.1, -0.05) is 30.3 Å². The predicted octanol–water partition coefficient (Wildman–Crippen LogP) is 4.14. The summed E-state index contributed by atoms with van der Waals surface area (Å²) in [5, 5.41) is 12.6. The number of nitrogens with one attached hydrogen (secondary N) is 1. The van der Waals surface area contributed by atoms with E-state index in [0.29, 0.717) is 18.7 Å². The fourth-order valence-corrected chi connectivity index (χ4v) is 5.01. The number of aryl methyl sites for hydroxylation is 2. The quantitative estimate of drug-likeness (QED) is 0.273. The van der Waals surface area contributed by atoms with E-state index in [4.69, 9.17) is 4.74 Å². The molecule has 0 aliphatic rings. The highest BCUT2D eigenvalue weighted by Crippen LogP contribution is 2.25. The molecular formula is C25H23N5O4S2. The smallest absolute Gasteiger partial charge is 0.268 e. The third-order valence-electron chi connectivity index (χ3n) is 5.38. The van der Waals surface area contributed by atoms with Crippen LogP contribution in [-0.4, -0.2) is 41.1 Å². The van der Waals surface area contributed by atoms with Crippen LogP contribution in [0.15, 0.2) is 59.4 Å². The van der Waals surface area contributed by atoms with Crippen molar-refractivity contribution in [3.8, 4) is 11.8 Å². The number of aromatic nitrogens is 3. The lowest BCUT2D eigenvalue weighted by molar-refractivity contribution is -0.112. The van der Waals surface area contributed by atoms with E-state index in [1.54, 1.807) is 0 Å². The number of benzene rings is 2. The molecule has 0 radical (unpaired) electrons. The van der Waals surface area contributed by atoms with Crippen LogP contribution < -0.4 is 10.1 Å².